The van der Waals surface area contributed by atoms with Crippen molar-refractivity contribution < 1.29 is 9.53 Å². The van der Waals surface area contributed by atoms with Gasteiger partial charge in [0.2, 0.25) is 0 Å². The van der Waals surface area contributed by atoms with Crippen LogP contribution >= 0.6 is 0 Å². The van der Waals surface area contributed by atoms with Crippen LogP contribution in [0.25, 0.3) is 0 Å². The molecule has 0 bridgehead atoms. The summed E-state index contributed by atoms with van der Waals surface area (Å²) < 4.78 is 4.73. The molecule has 0 aliphatic rings. The molecule has 0 aromatic heterocycles. The fourth-order valence-corrected chi connectivity index (χ4v) is 2.37. The Morgan fingerprint density at radius 2 is 1.18 bits per heavy atom. The van der Waals surface area contributed by atoms with E-state index >= 15 is 0 Å². The molecule has 0 unspecified atom stereocenters. The first-order valence-corrected chi connectivity index (χ1v) is 9.24. The third-order valence-corrected chi connectivity index (χ3v) is 3.71. The molecule has 0 aromatic rings. The molecule has 22 heavy (non-hydrogen) atoms. The normalized spacial score (nSPS) is 11.5. The molecule has 0 aliphatic carbocycles. The molecule has 0 spiro atoms. The second-order valence-electron chi connectivity index (χ2n) is 6.00. The first-order chi connectivity index (χ1) is 10.8. The van der Waals surface area contributed by atoms with E-state index in [0.717, 1.165) is 6.42 Å². The van der Waals surface area contributed by atoms with Gasteiger partial charge in [0.25, 0.3) is 0 Å². The second kappa shape index (κ2) is 18.0. The predicted octanol–water partition coefficient (Wildman–Crippen LogP) is 6.71. The molecule has 0 N–H and O–H groups in total. The van der Waals surface area contributed by atoms with E-state index in [1.165, 1.54) is 90.2 Å². The largest absolute Gasteiger partial charge is 0.435 e. The highest BCUT2D eigenvalue weighted by Gasteiger charge is 1.90. The van der Waals surface area contributed by atoms with Crippen LogP contribution < -0.4 is 0 Å². The number of hydrogen-bond donors (Lipinski definition) is 0. The summed E-state index contributed by atoms with van der Waals surface area (Å²) in [6.07, 6.45) is 25.0. The maximum atomic E-state index is 10.5. The summed E-state index contributed by atoms with van der Waals surface area (Å²) in [4.78, 5) is 10.5. The lowest BCUT2D eigenvalue weighted by molar-refractivity contribution is -0.135. The van der Waals surface area contributed by atoms with Crippen LogP contribution in [-0.2, 0) is 9.53 Å². The molecule has 0 saturated carbocycles. The Morgan fingerprint density at radius 3 is 1.68 bits per heavy atom. The number of esters is 1. The molecule has 2 heteroatoms. The lowest BCUT2D eigenvalue weighted by Gasteiger charge is -1.98. The Balaban J connectivity index is 3.14. The summed E-state index contributed by atoms with van der Waals surface area (Å²) in [5.41, 5.74) is 0. The van der Waals surface area contributed by atoms with Crippen LogP contribution in [0.4, 0.5) is 0 Å². The number of hydrogen-bond acceptors (Lipinski definition) is 2. The van der Waals surface area contributed by atoms with Crippen molar-refractivity contribution >= 4 is 5.97 Å². The van der Waals surface area contributed by atoms with Gasteiger partial charge in [-0.25, -0.2) is 0 Å². The average molecular weight is 309 g/mol. The third kappa shape index (κ3) is 18.9. The van der Waals surface area contributed by atoms with Crippen LogP contribution in [0, 0.1) is 0 Å². The highest BCUT2D eigenvalue weighted by Crippen LogP contribution is 2.09. The van der Waals surface area contributed by atoms with Crippen molar-refractivity contribution in [1.29, 1.82) is 0 Å². The molecule has 0 fully saturated rings. The van der Waals surface area contributed by atoms with Gasteiger partial charge in [-0.1, -0.05) is 64.0 Å². The lowest BCUT2D eigenvalue weighted by atomic mass is 10.1. The van der Waals surface area contributed by atoms with Gasteiger partial charge in [0.05, 0.1) is 6.26 Å². The van der Waals surface area contributed by atoms with E-state index in [9.17, 15) is 4.79 Å². The molecule has 0 amide bonds. The minimum absolute atomic E-state index is 0.246. The first-order valence-electron chi connectivity index (χ1n) is 9.24. The first kappa shape index (κ1) is 20.9. The molecule has 0 saturated heterocycles. The predicted molar refractivity (Wildman–Crippen MR) is 95.7 cm³/mol. The van der Waals surface area contributed by atoms with Gasteiger partial charge < -0.3 is 4.74 Å². The van der Waals surface area contributed by atoms with Gasteiger partial charge in [-0.15, -0.1) is 0 Å². The Labute approximate surface area is 138 Å². The fourth-order valence-electron chi connectivity index (χ4n) is 2.37. The fraction of sp³-hybridized carbons (Fsp3) is 0.750. The summed E-state index contributed by atoms with van der Waals surface area (Å²) >= 11 is 0. The Kier molecular flexibility index (Phi) is 17.1. The maximum absolute atomic E-state index is 10.5. The highest BCUT2D eigenvalue weighted by molar-refractivity contribution is 5.66. The standard InChI is InChI=1S/C20H36O2/c1-3-4-5-6-7-8-9-10-11-12-13-14-15-16-17-18-19-22-20(2)21/h10-11,18-19H,3-9,12-17H2,1-2H3. The van der Waals surface area contributed by atoms with Crippen molar-refractivity contribution in [3.8, 4) is 0 Å². The van der Waals surface area contributed by atoms with Gasteiger partial charge in [-0.3, -0.25) is 4.79 Å². The maximum Gasteiger partial charge on any atom is 0.307 e. The minimum Gasteiger partial charge on any atom is -0.435 e. The van der Waals surface area contributed by atoms with Crippen molar-refractivity contribution in [2.45, 2.75) is 97.3 Å². The summed E-state index contributed by atoms with van der Waals surface area (Å²) in [5.74, 6) is -0.246. The van der Waals surface area contributed by atoms with Gasteiger partial charge >= 0.3 is 5.97 Å². The van der Waals surface area contributed by atoms with E-state index in [1.807, 2.05) is 6.08 Å². The highest BCUT2D eigenvalue weighted by atomic mass is 16.5. The zero-order chi connectivity index (χ0) is 16.3. The van der Waals surface area contributed by atoms with E-state index < -0.39 is 0 Å². The van der Waals surface area contributed by atoms with E-state index in [-0.39, 0.29) is 5.97 Å². The summed E-state index contributed by atoms with van der Waals surface area (Å²) in [6, 6.07) is 0. The third-order valence-electron chi connectivity index (χ3n) is 3.71. The van der Waals surface area contributed by atoms with Crippen LogP contribution in [0.1, 0.15) is 97.3 Å². The molecular formula is C20H36O2. The Morgan fingerprint density at radius 1 is 0.727 bits per heavy atom. The van der Waals surface area contributed by atoms with Crippen LogP contribution in [0.3, 0.4) is 0 Å². The SMILES string of the molecule is CCCCCCCCC=CCCCCCCC=COC(C)=O. The molecule has 0 heterocycles. The smallest absolute Gasteiger partial charge is 0.307 e. The number of carbonyl (C=O) groups is 1. The van der Waals surface area contributed by atoms with Crippen molar-refractivity contribution in [2.75, 3.05) is 0 Å². The van der Waals surface area contributed by atoms with Crippen LogP contribution in [0.5, 0.6) is 0 Å². The van der Waals surface area contributed by atoms with Gasteiger partial charge in [0, 0.05) is 6.92 Å². The topological polar surface area (TPSA) is 26.3 Å². The van der Waals surface area contributed by atoms with Crippen molar-refractivity contribution in [3.63, 3.8) is 0 Å². The zero-order valence-electron chi connectivity index (χ0n) is 14.8. The van der Waals surface area contributed by atoms with E-state index in [1.54, 1.807) is 0 Å². The van der Waals surface area contributed by atoms with E-state index in [2.05, 4.69) is 19.1 Å². The van der Waals surface area contributed by atoms with E-state index in [4.69, 9.17) is 4.74 Å². The molecule has 0 aliphatic heterocycles. The molecular weight excluding hydrogens is 272 g/mol. The van der Waals surface area contributed by atoms with Crippen molar-refractivity contribution in [2.24, 2.45) is 0 Å². The van der Waals surface area contributed by atoms with Crippen molar-refractivity contribution in [1.82, 2.24) is 0 Å². The number of allylic oxidation sites excluding steroid dienone is 3. The number of ether oxygens (including phenoxy) is 1. The zero-order valence-corrected chi connectivity index (χ0v) is 14.8. The van der Waals surface area contributed by atoms with Gasteiger partial charge in [0.1, 0.15) is 0 Å². The summed E-state index contributed by atoms with van der Waals surface area (Å²) in [7, 11) is 0. The lowest BCUT2D eigenvalue weighted by Crippen LogP contribution is -1.89. The molecule has 0 aromatic carbocycles. The second-order valence-corrected chi connectivity index (χ2v) is 6.00. The Hall–Kier alpha value is -1.05. The minimum atomic E-state index is -0.246. The molecule has 0 radical (unpaired) electrons. The number of unbranched alkanes of at least 4 members (excludes halogenated alkanes) is 11. The average Bonchev–Trinajstić information content (AvgIpc) is 2.50. The van der Waals surface area contributed by atoms with Crippen LogP contribution in [0.15, 0.2) is 24.5 Å². The number of rotatable bonds is 15. The molecule has 0 rings (SSSR count). The van der Waals surface area contributed by atoms with Crippen LogP contribution in [0.2, 0.25) is 0 Å². The summed E-state index contributed by atoms with van der Waals surface area (Å²) in [5, 5.41) is 0. The summed E-state index contributed by atoms with van der Waals surface area (Å²) in [6.45, 7) is 3.69. The molecule has 128 valence electrons. The Bertz CT molecular complexity index is 292. The van der Waals surface area contributed by atoms with Gasteiger partial charge in [-0.2, -0.15) is 0 Å². The molecule has 0 atom stereocenters. The van der Waals surface area contributed by atoms with Crippen LogP contribution in [-0.4, -0.2) is 5.97 Å². The molecule has 2 nitrogen and oxygen atoms in total. The van der Waals surface area contributed by atoms with E-state index in [0.29, 0.717) is 0 Å². The van der Waals surface area contributed by atoms with Gasteiger partial charge in [0.15, 0.2) is 0 Å². The monoisotopic (exact) mass is 308 g/mol. The van der Waals surface area contributed by atoms with Gasteiger partial charge in [-0.05, 0) is 44.6 Å². The van der Waals surface area contributed by atoms with Crippen molar-refractivity contribution in [3.05, 3.63) is 24.5 Å². The quantitative estimate of drug-likeness (QED) is 0.145. The number of carbonyl (C=O) groups excluding carboxylic acids is 1.